The van der Waals surface area contributed by atoms with Crippen LogP contribution in [-0.4, -0.2) is 18.9 Å². The van der Waals surface area contributed by atoms with Crippen molar-refractivity contribution >= 4 is 33.8 Å². The third kappa shape index (κ3) is 4.38. The molecule has 1 aromatic heterocycles. The van der Waals surface area contributed by atoms with E-state index in [2.05, 4.69) is 31.4 Å². The summed E-state index contributed by atoms with van der Waals surface area (Å²) in [6.45, 7) is 8.27. The Hall–Kier alpha value is -2.34. The molecule has 0 unspecified atom stereocenters. The molecule has 1 aliphatic rings. The third-order valence-electron chi connectivity index (χ3n) is 5.35. The summed E-state index contributed by atoms with van der Waals surface area (Å²) >= 11 is 1.54. The summed E-state index contributed by atoms with van der Waals surface area (Å²) in [6, 6.07) is 7.23. The van der Waals surface area contributed by atoms with Crippen LogP contribution in [0.15, 0.2) is 24.3 Å². The first-order chi connectivity index (χ1) is 13.2. The summed E-state index contributed by atoms with van der Waals surface area (Å²) in [5, 5.41) is 6.48. The van der Waals surface area contributed by atoms with E-state index in [4.69, 9.17) is 4.74 Å². The molecule has 1 heterocycles. The van der Waals surface area contributed by atoms with Gasteiger partial charge in [-0.05, 0) is 60.4 Å². The van der Waals surface area contributed by atoms with Gasteiger partial charge >= 0.3 is 0 Å². The number of amides is 2. The van der Waals surface area contributed by atoms with Gasteiger partial charge in [0, 0.05) is 17.5 Å². The van der Waals surface area contributed by atoms with Gasteiger partial charge in [-0.25, -0.2) is 0 Å². The van der Waals surface area contributed by atoms with Crippen molar-refractivity contribution in [2.75, 3.05) is 17.7 Å². The van der Waals surface area contributed by atoms with E-state index in [9.17, 15) is 9.59 Å². The number of hydrogen-bond donors (Lipinski definition) is 2. The maximum Gasteiger partial charge on any atom is 0.258 e. The number of carbonyl (C=O) groups is 2. The van der Waals surface area contributed by atoms with E-state index >= 15 is 0 Å². The molecule has 1 aliphatic carbocycles. The van der Waals surface area contributed by atoms with Gasteiger partial charge in [-0.1, -0.05) is 20.8 Å². The topological polar surface area (TPSA) is 67.4 Å². The molecule has 0 bridgehead atoms. The lowest BCUT2D eigenvalue weighted by Gasteiger charge is -2.33. The lowest BCUT2D eigenvalue weighted by Crippen LogP contribution is -2.27. The second-order valence-corrected chi connectivity index (χ2v) is 9.48. The fourth-order valence-electron chi connectivity index (χ4n) is 3.68. The SMILES string of the molecule is COc1ccc(NC(=O)c2c(NC(C)=O)sc3c2CC[C@H](C(C)(C)C)C3)cc1. The third-order valence-corrected chi connectivity index (χ3v) is 6.52. The van der Waals surface area contributed by atoms with Crippen molar-refractivity contribution in [3.05, 3.63) is 40.3 Å². The lowest BCUT2D eigenvalue weighted by atomic mass is 9.72. The van der Waals surface area contributed by atoms with Crippen molar-refractivity contribution in [2.45, 2.75) is 47.0 Å². The van der Waals surface area contributed by atoms with Gasteiger partial charge in [0.25, 0.3) is 5.91 Å². The van der Waals surface area contributed by atoms with Crippen molar-refractivity contribution in [2.24, 2.45) is 11.3 Å². The van der Waals surface area contributed by atoms with E-state index < -0.39 is 0 Å². The van der Waals surface area contributed by atoms with Gasteiger partial charge in [-0.15, -0.1) is 11.3 Å². The molecule has 6 heteroatoms. The minimum atomic E-state index is -0.180. The number of hydrogen-bond acceptors (Lipinski definition) is 4. The monoisotopic (exact) mass is 400 g/mol. The molecule has 0 aliphatic heterocycles. The zero-order valence-corrected chi connectivity index (χ0v) is 18.0. The Kier molecular flexibility index (Phi) is 5.79. The Bertz CT molecular complexity index is 878. The van der Waals surface area contributed by atoms with E-state index in [1.165, 1.54) is 11.8 Å². The summed E-state index contributed by atoms with van der Waals surface area (Å²) in [7, 11) is 1.61. The van der Waals surface area contributed by atoms with Crippen molar-refractivity contribution in [1.82, 2.24) is 0 Å². The zero-order valence-electron chi connectivity index (χ0n) is 17.1. The Balaban J connectivity index is 1.91. The van der Waals surface area contributed by atoms with E-state index in [-0.39, 0.29) is 17.2 Å². The van der Waals surface area contributed by atoms with Gasteiger partial charge in [0.2, 0.25) is 5.91 Å². The molecule has 28 heavy (non-hydrogen) atoms. The average molecular weight is 401 g/mol. The van der Waals surface area contributed by atoms with Gasteiger partial charge in [0.15, 0.2) is 0 Å². The van der Waals surface area contributed by atoms with Crippen LogP contribution in [0.5, 0.6) is 5.75 Å². The van der Waals surface area contributed by atoms with Gasteiger partial charge in [0.05, 0.1) is 12.7 Å². The van der Waals surface area contributed by atoms with Crippen LogP contribution in [0.25, 0.3) is 0 Å². The van der Waals surface area contributed by atoms with Crippen molar-refractivity contribution in [1.29, 1.82) is 0 Å². The fraction of sp³-hybridized carbons (Fsp3) is 0.455. The molecule has 2 amide bonds. The number of ether oxygens (including phenoxy) is 1. The van der Waals surface area contributed by atoms with E-state index in [1.807, 2.05) is 12.1 Å². The molecule has 1 atom stereocenters. The van der Waals surface area contributed by atoms with Crippen molar-refractivity contribution < 1.29 is 14.3 Å². The first kappa shape index (κ1) is 20.4. The van der Waals surface area contributed by atoms with E-state index in [1.54, 1.807) is 30.6 Å². The standard InChI is InChI=1S/C22H28N2O3S/c1-13(25)23-21-19(20(26)24-15-7-9-16(27-5)10-8-15)17-11-6-14(22(2,3)4)12-18(17)28-21/h7-10,14H,6,11-12H2,1-5H3,(H,23,25)(H,24,26)/t14-/m0/s1. The van der Waals surface area contributed by atoms with Crippen LogP contribution in [0.2, 0.25) is 0 Å². The second-order valence-electron chi connectivity index (χ2n) is 8.38. The van der Waals surface area contributed by atoms with Gasteiger partial charge < -0.3 is 15.4 Å². The molecule has 1 aromatic carbocycles. The molecule has 0 fully saturated rings. The zero-order chi connectivity index (χ0) is 20.5. The highest BCUT2D eigenvalue weighted by Crippen LogP contribution is 2.44. The molecule has 0 saturated heterocycles. The number of rotatable bonds is 4. The van der Waals surface area contributed by atoms with E-state index in [0.717, 1.165) is 30.6 Å². The highest BCUT2D eigenvalue weighted by Gasteiger charge is 2.33. The Morgan fingerprint density at radius 1 is 1.14 bits per heavy atom. The number of carbonyl (C=O) groups excluding carboxylic acids is 2. The first-order valence-electron chi connectivity index (χ1n) is 9.56. The maximum atomic E-state index is 13.1. The minimum Gasteiger partial charge on any atom is -0.497 e. The fourth-order valence-corrected chi connectivity index (χ4v) is 5.05. The van der Waals surface area contributed by atoms with Crippen molar-refractivity contribution in [3.8, 4) is 5.75 Å². The average Bonchev–Trinajstić information content (AvgIpc) is 2.97. The highest BCUT2D eigenvalue weighted by molar-refractivity contribution is 7.17. The summed E-state index contributed by atoms with van der Waals surface area (Å²) in [6.07, 6.45) is 2.86. The van der Waals surface area contributed by atoms with Crippen molar-refractivity contribution in [3.63, 3.8) is 0 Å². The second kappa shape index (κ2) is 7.95. The number of thiophene rings is 1. The molecule has 5 nitrogen and oxygen atoms in total. The van der Waals surface area contributed by atoms with Crippen LogP contribution in [0.1, 0.15) is 54.9 Å². The molecule has 0 saturated carbocycles. The Morgan fingerprint density at radius 2 is 1.82 bits per heavy atom. The highest BCUT2D eigenvalue weighted by atomic mass is 32.1. The summed E-state index contributed by atoms with van der Waals surface area (Å²) in [5.74, 6) is 0.962. The normalized spacial score (nSPS) is 16.2. The number of methoxy groups -OCH3 is 1. The van der Waals surface area contributed by atoms with Gasteiger partial charge in [0.1, 0.15) is 10.8 Å². The molecule has 0 radical (unpaired) electrons. The summed E-state index contributed by atoms with van der Waals surface area (Å²) in [4.78, 5) is 26.0. The molecular weight excluding hydrogens is 372 g/mol. The smallest absolute Gasteiger partial charge is 0.258 e. The van der Waals surface area contributed by atoms with Crippen LogP contribution in [0, 0.1) is 11.3 Å². The number of fused-ring (bicyclic) bond motifs is 1. The molecule has 0 spiro atoms. The van der Waals surface area contributed by atoms with E-state index in [0.29, 0.717) is 22.2 Å². The van der Waals surface area contributed by atoms with Gasteiger partial charge in [-0.2, -0.15) is 0 Å². The number of nitrogens with one attached hydrogen (secondary N) is 2. The maximum absolute atomic E-state index is 13.1. The lowest BCUT2D eigenvalue weighted by molar-refractivity contribution is -0.114. The van der Waals surface area contributed by atoms with Crippen LogP contribution in [0.3, 0.4) is 0 Å². The molecule has 150 valence electrons. The quantitative estimate of drug-likeness (QED) is 0.749. The minimum absolute atomic E-state index is 0.163. The Labute approximate surface area is 170 Å². The first-order valence-corrected chi connectivity index (χ1v) is 10.4. The van der Waals surface area contributed by atoms with Crippen LogP contribution in [-0.2, 0) is 17.6 Å². The largest absolute Gasteiger partial charge is 0.497 e. The molecule has 2 aromatic rings. The number of benzene rings is 1. The van der Waals surface area contributed by atoms with Crippen LogP contribution < -0.4 is 15.4 Å². The van der Waals surface area contributed by atoms with Crippen LogP contribution >= 0.6 is 11.3 Å². The Morgan fingerprint density at radius 3 is 2.39 bits per heavy atom. The molecular formula is C22H28N2O3S. The van der Waals surface area contributed by atoms with Gasteiger partial charge in [-0.3, -0.25) is 9.59 Å². The summed E-state index contributed by atoms with van der Waals surface area (Å²) < 4.78 is 5.16. The predicted molar refractivity (Wildman–Crippen MR) is 115 cm³/mol. The molecule has 2 N–H and O–H groups in total. The molecule has 3 rings (SSSR count). The summed E-state index contributed by atoms with van der Waals surface area (Å²) in [5.41, 5.74) is 2.61. The number of anilines is 2. The predicted octanol–water partition coefficient (Wildman–Crippen LogP) is 5.12. The van der Waals surface area contributed by atoms with Crippen LogP contribution in [0.4, 0.5) is 10.7 Å².